The first-order chi connectivity index (χ1) is 12.5. The lowest BCUT2D eigenvalue weighted by molar-refractivity contribution is 0.323. The van der Waals surface area contributed by atoms with Gasteiger partial charge in [-0.2, -0.15) is 0 Å². The lowest BCUT2D eigenvalue weighted by Crippen LogP contribution is -2.36. The van der Waals surface area contributed by atoms with Crippen molar-refractivity contribution < 1.29 is 18.6 Å². The number of guanidine groups is 1. The average Bonchev–Trinajstić information content (AvgIpc) is 2.97. The van der Waals surface area contributed by atoms with E-state index in [0.717, 1.165) is 22.6 Å². The Balaban J connectivity index is 2.03. The van der Waals surface area contributed by atoms with Crippen LogP contribution >= 0.6 is 0 Å². The lowest BCUT2D eigenvalue weighted by atomic mass is 10.2. The van der Waals surface area contributed by atoms with Crippen molar-refractivity contribution in [2.75, 3.05) is 28.4 Å². The molecule has 0 bridgehead atoms. The minimum Gasteiger partial charge on any atom is -0.493 e. The van der Waals surface area contributed by atoms with Crippen LogP contribution in [0, 0.1) is 13.8 Å². The summed E-state index contributed by atoms with van der Waals surface area (Å²) in [4.78, 5) is 4.25. The van der Waals surface area contributed by atoms with Crippen LogP contribution < -0.4 is 24.8 Å². The fourth-order valence-corrected chi connectivity index (χ4v) is 2.68. The maximum absolute atomic E-state index is 5.54. The van der Waals surface area contributed by atoms with Crippen molar-refractivity contribution in [2.24, 2.45) is 4.99 Å². The Morgan fingerprint density at radius 2 is 1.58 bits per heavy atom. The van der Waals surface area contributed by atoms with Crippen molar-refractivity contribution in [3.63, 3.8) is 0 Å². The van der Waals surface area contributed by atoms with E-state index in [4.69, 9.17) is 18.6 Å². The summed E-state index contributed by atoms with van der Waals surface area (Å²) >= 11 is 0. The molecule has 2 N–H and O–H groups in total. The largest absolute Gasteiger partial charge is 0.493 e. The van der Waals surface area contributed by atoms with Crippen molar-refractivity contribution in [2.45, 2.75) is 26.9 Å². The summed E-state index contributed by atoms with van der Waals surface area (Å²) in [5.74, 6) is 4.33. The van der Waals surface area contributed by atoms with Gasteiger partial charge in [0, 0.05) is 25.7 Å². The molecule has 0 aliphatic rings. The van der Waals surface area contributed by atoms with Gasteiger partial charge in [-0.25, -0.2) is 0 Å². The third-order valence-electron chi connectivity index (χ3n) is 4.00. The van der Waals surface area contributed by atoms with Gasteiger partial charge < -0.3 is 29.3 Å². The summed E-state index contributed by atoms with van der Waals surface area (Å²) in [7, 11) is 6.52. The van der Waals surface area contributed by atoms with Gasteiger partial charge in [-0.15, -0.1) is 0 Å². The number of hydrogen-bond donors (Lipinski definition) is 2. The molecule has 0 unspecified atom stereocenters. The van der Waals surface area contributed by atoms with Gasteiger partial charge in [-0.3, -0.25) is 4.99 Å². The van der Waals surface area contributed by atoms with E-state index in [0.29, 0.717) is 36.3 Å². The molecular weight excluding hydrogens is 334 g/mol. The maximum atomic E-state index is 5.54. The summed E-state index contributed by atoms with van der Waals surface area (Å²) in [5, 5.41) is 6.56. The van der Waals surface area contributed by atoms with E-state index in [1.807, 2.05) is 32.0 Å². The predicted molar refractivity (Wildman–Crippen MR) is 101 cm³/mol. The summed E-state index contributed by atoms with van der Waals surface area (Å²) in [6.45, 7) is 5.09. The van der Waals surface area contributed by atoms with Gasteiger partial charge in [0.05, 0.1) is 21.3 Å². The standard InChI is InChI=1S/C19H27N3O4/c1-12-7-15(13(2)26-12)11-22-19(20-3)21-10-14-8-16(23-4)18(25-6)17(9-14)24-5/h7-9H,10-11H2,1-6H3,(H2,20,21,22). The van der Waals surface area contributed by atoms with Gasteiger partial charge in [-0.05, 0) is 37.6 Å². The van der Waals surface area contributed by atoms with E-state index in [-0.39, 0.29) is 0 Å². The minimum absolute atomic E-state index is 0.555. The molecule has 0 atom stereocenters. The Hall–Kier alpha value is -2.83. The Morgan fingerprint density at radius 3 is 2.04 bits per heavy atom. The Morgan fingerprint density at radius 1 is 0.962 bits per heavy atom. The molecule has 0 fully saturated rings. The first-order valence-corrected chi connectivity index (χ1v) is 8.31. The van der Waals surface area contributed by atoms with Crippen molar-refractivity contribution >= 4 is 5.96 Å². The highest BCUT2D eigenvalue weighted by atomic mass is 16.5. The van der Waals surface area contributed by atoms with Crippen LogP contribution in [-0.2, 0) is 13.1 Å². The highest BCUT2D eigenvalue weighted by Gasteiger charge is 2.13. The maximum Gasteiger partial charge on any atom is 0.203 e. The Bertz CT molecular complexity index is 743. The van der Waals surface area contributed by atoms with Gasteiger partial charge in [0.25, 0.3) is 0 Å². The zero-order chi connectivity index (χ0) is 19.1. The third-order valence-corrected chi connectivity index (χ3v) is 4.00. The van der Waals surface area contributed by atoms with Crippen LogP contribution in [-0.4, -0.2) is 34.3 Å². The van der Waals surface area contributed by atoms with Crippen molar-refractivity contribution in [3.8, 4) is 17.2 Å². The van der Waals surface area contributed by atoms with Crippen LogP contribution in [0.5, 0.6) is 17.2 Å². The molecule has 2 rings (SSSR count). The number of methoxy groups -OCH3 is 3. The van der Waals surface area contributed by atoms with Crippen LogP contribution in [0.3, 0.4) is 0 Å². The normalized spacial score (nSPS) is 11.2. The number of benzene rings is 1. The molecule has 0 aliphatic heterocycles. The molecular formula is C19H27N3O4. The summed E-state index contributed by atoms with van der Waals surface area (Å²) in [5.41, 5.74) is 2.09. The Labute approximate surface area is 154 Å². The van der Waals surface area contributed by atoms with Crippen LogP contribution in [0.2, 0.25) is 0 Å². The quantitative estimate of drug-likeness (QED) is 0.583. The highest BCUT2D eigenvalue weighted by Crippen LogP contribution is 2.38. The number of nitrogens with zero attached hydrogens (tertiary/aromatic N) is 1. The summed E-state index contributed by atoms with van der Waals surface area (Å²) < 4.78 is 21.7. The molecule has 0 radical (unpaired) electrons. The molecule has 0 aliphatic carbocycles. The SMILES string of the molecule is CN=C(NCc1cc(OC)c(OC)c(OC)c1)NCc1cc(C)oc1C. The number of furan rings is 1. The van der Waals surface area contributed by atoms with Gasteiger partial charge in [0.2, 0.25) is 5.75 Å². The Kier molecular flexibility index (Phi) is 6.77. The first kappa shape index (κ1) is 19.5. The van der Waals surface area contributed by atoms with E-state index in [1.54, 1.807) is 28.4 Å². The number of aliphatic imine (C=N–C) groups is 1. The topological polar surface area (TPSA) is 77.3 Å². The molecule has 26 heavy (non-hydrogen) atoms. The van der Waals surface area contributed by atoms with E-state index < -0.39 is 0 Å². The van der Waals surface area contributed by atoms with E-state index in [9.17, 15) is 0 Å². The minimum atomic E-state index is 0.555. The van der Waals surface area contributed by atoms with Crippen molar-refractivity contribution in [1.29, 1.82) is 0 Å². The van der Waals surface area contributed by atoms with Gasteiger partial charge in [0.1, 0.15) is 11.5 Å². The molecule has 1 aromatic carbocycles. The first-order valence-electron chi connectivity index (χ1n) is 8.31. The van der Waals surface area contributed by atoms with E-state index >= 15 is 0 Å². The van der Waals surface area contributed by atoms with Gasteiger partial charge in [-0.1, -0.05) is 0 Å². The molecule has 7 heteroatoms. The zero-order valence-corrected chi connectivity index (χ0v) is 16.2. The summed E-state index contributed by atoms with van der Waals surface area (Å²) in [6, 6.07) is 5.84. The molecule has 142 valence electrons. The van der Waals surface area contributed by atoms with Gasteiger partial charge in [0.15, 0.2) is 17.5 Å². The number of nitrogens with one attached hydrogen (secondary N) is 2. The zero-order valence-electron chi connectivity index (χ0n) is 16.2. The second-order valence-electron chi connectivity index (χ2n) is 5.75. The number of aryl methyl sites for hydroxylation is 2. The van der Waals surface area contributed by atoms with Crippen LogP contribution in [0.15, 0.2) is 27.6 Å². The second-order valence-corrected chi connectivity index (χ2v) is 5.75. The number of ether oxygens (including phenoxy) is 3. The lowest BCUT2D eigenvalue weighted by Gasteiger charge is -2.16. The van der Waals surface area contributed by atoms with Crippen molar-refractivity contribution in [3.05, 3.63) is 40.8 Å². The van der Waals surface area contributed by atoms with Gasteiger partial charge >= 0.3 is 0 Å². The molecule has 1 aromatic heterocycles. The highest BCUT2D eigenvalue weighted by molar-refractivity contribution is 5.79. The number of rotatable bonds is 7. The fraction of sp³-hybridized carbons (Fsp3) is 0.421. The monoisotopic (exact) mass is 361 g/mol. The molecule has 0 amide bonds. The smallest absolute Gasteiger partial charge is 0.203 e. The molecule has 0 saturated heterocycles. The third kappa shape index (κ3) is 4.62. The van der Waals surface area contributed by atoms with Crippen LogP contribution in [0.25, 0.3) is 0 Å². The molecule has 0 saturated carbocycles. The molecule has 2 aromatic rings. The van der Waals surface area contributed by atoms with Crippen molar-refractivity contribution in [1.82, 2.24) is 10.6 Å². The average molecular weight is 361 g/mol. The fourth-order valence-electron chi connectivity index (χ4n) is 2.68. The van der Waals surface area contributed by atoms with E-state index in [1.165, 1.54) is 0 Å². The summed E-state index contributed by atoms with van der Waals surface area (Å²) in [6.07, 6.45) is 0. The number of hydrogen-bond acceptors (Lipinski definition) is 5. The predicted octanol–water partition coefficient (Wildman–Crippen LogP) is 2.79. The molecule has 1 heterocycles. The second kappa shape index (κ2) is 9.03. The van der Waals surface area contributed by atoms with Crippen LogP contribution in [0.4, 0.5) is 0 Å². The van der Waals surface area contributed by atoms with E-state index in [2.05, 4.69) is 15.6 Å². The van der Waals surface area contributed by atoms with Crippen LogP contribution in [0.1, 0.15) is 22.6 Å². The molecule has 7 nitrogen and oxygen atoms in total. The molecule has 0 spiro atoms.